The van der Waals surface area contributed by atoms with Crippen LogP contribution in [0.4, 0.5) is 0 Å². The number of aromatic nitrogens is 1. The molecule has 2 aromatic rings. The molecule has 90 valence electrons. The first-order valence-corrected chi connectivity index (χ1v) is 5.71. The highest BCUT2D eigenvalue weighted by Crippen LogP contribution is 2.07. The van der Waals surface area contributed by atoms with Crippen molar-refractivity contribution in [2.45, 2.75) is 13.3 Å². The summed E-state index contributed by atoms with van der Waals surface area (Å²) in [5.41, 5.74) is 1.92. The Morgan fingerprint density at radius 3 is 2.33 bits per heavy atom. The van der Waals surface area contributed by atoms with E-state index in [2.05, 4.69) is 4.98 Å². The number of Topliss-reactive ketones (excluding diaryl/α,β-unsaturated/α-hetero) is 2. The fourth-order valence-electron chi connectivity index (χ4n) is 1.65. The molecule has 0 fully saturated rings. The van der Waals surface area contributed by atoms with Crippen LogP contribution in [0.2, 0.25) is 0 Å². The van der Waals surface area contributed by atoms with Gasteiger partial charge < -0.3 is 0 Å². The second-order valence-corrected chi connectivity index (χ2v) is 4.07. The first-order valence-electron chi connectivity index (χ1n) is 5.71. The molecule has 0 aliphatic carbocycles. The Morgan fingerprint density at radius 2 is 1.78 bits per heavy atom. The van der Waals surface area contributed by atoms with Crippen molar-refractivity contribution in [1.29, 1.82) is 0 Å². The van der Waals surface area contributed by atoms with E-state index in [9.17, 15) is 9.59 Å². The lowest BCUT2D eigenvalue weighted by atomic mass is 10.0. The minimum absolute atomic E-state index is 0.0491. The van der Waals surface area contributed by atoms with Gasteiger partial charge in [-0.3, -0.25) is 14.6 Å². The van der Waals surface area contributed by atoms with E-state index < -0.39 is 0 Å². The number of carbonyl (C=O) groups is 2. The molecule has 1 heterocycles. The van der Waals surface area contributed by atoms with E-state index in [-0.39, 0.29) is 11.6 Å². The quantitative estimate of drug-likeness (QED) is 0.771. The van der Waals surface area contributed by atoms with Gasteiger partial charge in [-0.1, -0.05) is 36.4 Å². The van der Waals surface area contributed by atoms with Crippen molar-refractivity contribution in [3.8, 4) is 0 Å². The molecule has 18 heavy (non-hydrogen) atoms. The molecule has 0 aliphatic rings. The molecule has 1 aromatic heterocycles. The third kappa shape index (κ3) is 2.88. The van der Waals surface area contributed by atoms with E-state index >= 15 is 0 Å². The zero-order valence-electron chi connectivity index (χ0n) is 10.1. The highest BCUT2D eigenvalue weighted by molar-refractivity contribution is 5.97. The smallest absolute Gasteiger partial charge is 0.178 e. The minimum Gasteiger partial charge on any atom is -0.294 e. The van der Waals surface area contributed by atoms with Gasteiger partial charge in [0.2, 0.25) is 0 Å². The maximum atomic E-state index is 11.9. The topological polar surface area (TPSA) is 47.0 Å². The molecule has 0 bridgehead atoms. The van der Waals surface area contributed by atoms with E-state index in [1.54, 1.807) is 30.5 Å². The summed E-state index contributed by atoms with van der Waals surface area (Å²) in [7, 11) is 0. The molecular formula is C15H13NO2. The molecule has 0 N–H and O–H groups in total. The van der Waals surface area contributed by atoms with Gasteiger partial charge in [-0.15, -0.1) is 0 Å². The van der Waals surface area contributed by atoms with Crippen LogP contribution in [0.15, 0.2) is 48.7 Å². The Kier molecular flexibility index (Phi) is 3.63. The fraction of sp³-hybridized carbons (Fsp3) is 0.133. The predicted molar refractivity (Wildman–Crippen MR) is 68.7 cm³/mol. The van der Waals surface area contributed by atoms with Gasteiger partial charge in [-0.25, -0.2) is 0 Å². The van der Waals surface area contributed by atoms with Gasteiger partial charge in [0, 0.05) is 25.1 Å². The Morgan fingerprint density at radius 1 is 1.06 bits per heavy atom. The maximum Gasteiger partial charge on any atom is 0.178 e. The van der Waals surface area contributed by atoms with Gasteiger partial charge in [-0.05, 0) is 11.6 Å². The molecule has 0 unspecified atom stereocenters. The van der Waals surface area contributed by atoms with Crippen LogP contribution < -0.4 is 0 Å². The molecule has 1 aromatic carbocycles. The lowest BCUT2D eigenvalue weighted by molar-refractivity contribution is 0.0991. The highest BCUT2D eigenvalue weighted by atomic mass is 16.1. The monoisotopic (exact) mass is 239 g/mol. The van der Waals surface area contributed by atoms with Crippen LogP contribution in [0.5, 0.6) is 0 Å². The molecule has 0 spiro atoms. The average Bonchev–Trinajstić information content (AvgIpc) is 2.40. The van der Waals surface area contributed by atoms with E-state index in [0.717, 1.165) is 5.56 Å². The third-order valence-corrected chi connectivity index (χ3v) is 2.65. The number of ketones is 2. The summed E-state index contributed by atoms with van der Waals surface area (Å²) in [5, 5.41) is 0. The summed E-state index contributed by atoms with van der Waals surface area (Å²) in [6, 6.07) is 12.6. The van der Waals surface area contributed by atoms with Crippen LogP contribution in [0.3, 0.4) is 0 Å². The summed E-state index contributed by atoms with van der Waals surface area (Å²) in [5.74, 6) is -0.0242. The van der Waals surface area contributed by atoms with Gasteiger partial charge in [-0.2, -0.15) is 0 Å². The summed E-state index contributed by atoms with van der Waals surface area (Å²) in [4.78, 5) is 27.0. The van der Waals surface area contributed by atoms with Crippen molar-refractivity contribution < 1.29 is 9.59 Å². The van der Waals surface area contributed by atoms with Gasteiger partial charge >= 0.3 is 0 Å². The van der Waals surface area contributed by atoms with E-state index in [4.69, 9.17) is 0 Å². The highest BCUT2D eigenvalue weighted by Gasteiger charge is 2.07. The van der Waals surface area contributed by atoms with Gasteiger partial charge in [0.05, 0.1) is 0 Å². The molecule has 2 rings (SSSR count). The minimum atomic E-state index is -0.0732. The summed E-state index contributed by atoms with van der Waals surface area (Å²) < 4.78 is 0. The first-order chi connectivity index (χ1) is 8.66. The summed E-state index contributed by atoms with van der Waals surface area (Å²) in [6.45, 7) is 1.47. The average molecular weight is 239 g/mol. The molecule has 3 nitrogen and oxygen atoms in total. The van der Waals surface area contributed by atoms with Crippen LogP contribution in [-0.2, 0) is 6.42 Å². The van der Waals surface area contributed by atoms with Gasteiger partial charge in [0.1, 0.15) is 5.69 Å². The summed E-state index contributed by atoms with van der Waals surface area (Å²) in [6.07, 6.45) is 1.88. The molecule has 0 saturated carbocycles. The first kappa shape index (κ1) is 12.2. The number of hydrogen-bond donors (Lipinski definition) is 0. The maximum absolute atomic E-state index is 11.9. The number of nitrogens with zero attached hydrogens (tertiary/aromatic N) is 1. The number of carbonyl (C=O) groups excluding carboxylic acids is 2. The molecule has 0 atom stereocenters. The number of benzene rings is 1. The molecule has 0 saturated heterocycles. The number of rotatable bonds is 4. The van der Waals surface area contributed by atoms with E-state index in [1.165, 1.54) is 6.92 Å². The SMILES string of the molecule is CC(=O)c1ccc(CC(=O)c2ccccc2)cn1. The van der Waals surface area contributed by atoms with Crippen LogP contribution in [0, 0.1) is 0 Å². The van der Waals surface area contributed by atoms with Gasteiger partial charge in [0.15, 0.2) is 11.6 Å². The molecule has 0 amide bonds. The van der Waals surface area contributed by atoms with Crippen LogP contribution in [0.25, 0.3) is 0 Å². The second-order valence-electron chi connectivity index (χ2n) is 4.07. The lowest BCUT2D eigenvalue weighted by Gasteiger charge is -2.02. The van der Waals surface area contributed by atoms with Crippen molar-refractivity contribution in [2.24, 2.45) is 0 Å². The molecular weight excluding hydrogens is 226 g/mol. The largest absolute Gasteiger partial charge is 0.294 e. The second kappa shape index (κ2) is 5.36. The lowest BCUT2D eigenvalue weighted by Crippen LogP contribution is -2.04. The Balaban J connectivity index is 2.10. The van der Waals surface area contributed by atoms with Crippen molar-refractivity contribution >= 4 is 11.6 Å². The van der Waals surface area contributed by atoms with Crippen LogP contribution in [0.1, 0.15) is 33.3 Å². The third-order valence-electron chi connectivity index (χ3n) is 2.65. The molecule has 0 aliphatic heterocycles. The Bertz CT molecular complexity index is 559. The molecule has 0 radical (unpaired) electrons. The Labute approximate surface area is 105 Å². The normalized spacial score (nSPS) is 10.1. The van der Waals surface area contributed by atoms with Crippen molar-refractivity contribution in [2.75, 3.05) is 0 Å². The van der Waals surface area contributed by atoms with Crippen LogP contribution >= 0.6 is 0 Å². The standard InChI is InChI=1S/C15H13NO2/c1-11(17)14-8-7-12(10-16-14)9-15(18)13-5-3-2-4-6-13/h2-8,10H,9H2,1H3. The number of hydrogen-bond acceptors (Lipinski definition) is 3. The van der Waals surface area contributed by atoms with Crippen molar-refractivity contribution in [1.82, 2.24) is 4.98 Å². The predicted octanol–water partition coefficient (Wildman–Crippen LogP) is 2.71. The van der Waals surface area contributed by atoms with Gasteiger partial charge in [0.25, 0.3) is 0 Å². The van der Waals surface area contributed by atoms with E-state index in [0.29, 0.717) is 17.7 Å². The number of pyridine rings is 1. The zero-order valence-corrected chi connectivity index (χ0v) is 10.1. The Hall–Kier alpha value is -2.29. The van der Waals surface area contributed by atoms with Crippen molar-refractivity contribution in [3.63, 3.8) is 0 Å². The van der Waals surface area contributed by atoms with Crippen LogP contribution in [-0.4, -0.2) is 16.6 Å². The summed E-state index contributed by atoms with van der Waals surface area (Å²) >= 11 is 0. The fourth-order valence-corrected chi connectivity index (χ4v) is 1.65. The molecule has 3 heteroatoms. The zero-order chi connectivity index (χ0) is 13.0. The van der Waals surface area contributed by atoms with Crippen molar-refractivity contribution in [3.05, 3.63) is 65.5 Å². The van der Waals surface area contributed by atoms with E-state index in [1.807, 2.05) is 18.2 Å².